The van der Waals surface area contributed by atoms with Crippen molar-refractivity contribution >= 4 is 5.91 Å². The molecule has 9 fully saturated rings. The summed E-state index contributed by atoms with van der Waals surface area (Å²) < 4.78 is 0. The summed E-state index contributed by atoms with van der Waals surface area (Å²) in [4.78, 5) is 23.8. The van der Waals surface area contributed by atoms with Crippen LogP contribution in [0.4, 0.5) is 0 Å². The van der Waals surface area contributed by atoms with Gasteiger partial charge in [-0.25, -0.2) is 0 Å². The molecule has 0 radical (unpaired) electrons. The van der Waals surface area contributed by atoms with Crippen LogP contribution in [0.2, 0.25) is 0 Å². The Balaban J connectivity index is 0.000000119. The third-order valence-electron chi connectivity index (χ3n) is 13.1. The molecule has 2 saturated carbocycles. The van der Waals surface area contributed by atoms with Crippen LogP contribution in [0.1, 0.15) is 139 Å². The Hall–Kier alpha value is -0.690. The van der Waals surface area contributed by atoms with E-state index in [1.807, 2.05) is 0 Å². The molecule has 8 atom stereocenters. The van der Waals surface area contributed by atoms with Crippen LogP contribution in [0.15, 0.2) is 0 Å². The van der Waals surface area contributed by atoms with Crippen LogP contribution in [-0.4, -0.2) is 118 Å². The maximum atomic E-state index is 11.2. The summed E-state index contributed by atoms with van der Waals surface area (Å²) in [5.74, 6) is 3.42. The number of nitrogens with zero attached hydrogens (tertiary/aromatic N) is 5. The summed E-state index contributed by atoms with van der Waals surface area (Å²) >= 11 is 0. The standard InChI is InChI=1S/C10H18N2O.2C10H19N.C9H17N/c1-7(2)11-5-9-4-10(6-11)12(9)8(3)13;1-8(2)11-6-9-3-4-10(5-9)7-11;1-8(2)11-9-4-3-5-10(11)7-6-9;1-7(2)10-6-8-3-4-9(10)5-8/h7,9-10H,4-6H2,1-3H3;2*8-10H,3-7H2,1-2H3;7-9H,3-6H2,1-2H3. The lowest BCUT2D eigenvalue weighted by Crippen LogP contribution is -2.70. The lowest BCUT2D eigenvalue weighted by Gasteiger charge is -2.57. The monoisotopic (exact) mass is 628 g/mol. The fourth-order valence-corrected chi connectivity index (χ4v) is 10.8. The quantitative estimate of drug-likeness (QED) is 0.332. The second-order valence-electron chi connectivity index (χ2n) is 17.6. The molecule has 0 aromatic rings. The molecule has 2 aliphatic carbocycles. The lowest BCUT2D eigenvalue weighted by atomic mass is 9.87. The molecular weight excluding hydrogens is 554 g/mol. The van der Waals surface area contributed by atoms with Gasteiger partial charge in [0.15, 0.2) is 0 Å². The van der Waals surface area contributed by atoms with Gasteiger partial charge in [0.1, 0.15) is 0 Å². The van der Waals surface area contributed by atoms with Crippen molar-refractivity contribution in [2.75, 3.05) is 32.7 Å². The molecule has 0 N–H and O–H groups in total. The van der Waals surface area contributed by atoms with Gasteiger partial charge in [-0.05, 0) is 144 Å². The summed E-state index contributed by atoms with van der Waals surface area (Å²) in [6.45, 7) is 26.4. The van der Waals surface area contributed by atoms with Gasteiger partial charge in [0, 0.05) is 94.0 Å². The Morgan fingerprint density at radius 1 is 0.489 bits per heavy atom. The number of hydrogen-bond donors (Lipinski definition) is 0. The van der Waals surface area contributed by atoms with Crippen molar-refractivity contribution in [1.82, 2.24) is 24.5 Å². The highest BCUT2D eigenvalue weighted by atomic mass is 16.2. The van der Waals surface area contributed by atoms with E-state index in [2.05, 4.69) is 79.9 Å². The van der Waals surface area contributed by atoms with E-state index in [0.29, 0.717) is 18.1 Å². The molecule has 260 valence electrons. The number of carbonyl (C=O) groups excluding carboxylic acids is 1. The highest BCUT2D eigenvalue weighted by Gasteiger charge is 2.46. The van der Waals surface area contributed by atoms with Crippen LogP contribution >= 0.6 is 0 Å². The van der Waals surface area contributed by atoms with Gasteiger partial charge in [-0.1, -0.05) is 6.42 Å². The molecule has 9 aliphatic rings. The van der Waals surface area contributed by atoms with Crippen molar-refractivity contribution in [1.29, 1.82) is 0 Å². The van der Waals surface area contributed by atoms with Gasteiger partial charge < -0.3 is 9.80 Å². The first-order valence-electron chi connectivity index (χ1n) is 19.7. The first-order valence-corrected chi connectivity index (χ1v) is 19.7. The van der Waals surface area contributed by atoms with Crippen molar-refractivity contribution in [2.24, 2.45) is 17.8 Å². The van der Waals surface area contributed by atoms with E-state index >= 15 is 0 Å². The summed E-state index contributed by atoms with van der Waals surface area (Å²) in [7, 11) is 0. The minimum Gasteiger partial charge on any atom is -0.334 e. The molecule has 8 bridgehead atoms. The molecule has 7 aliphatic heterocycles. The molecule has 0 aromatic heterocycles. The number of likely N-dealkylation sites (tertiary alicyclic amines) is 2. The minimum atomic E-state index is 0.254. The smallest absolute Gasteiger partial charge is 0.220 e. The Labute approximate surface area is 279 Å². The van der Waals surface area contributed by atoms with Crippen molar-refractivity contribution in [3.63, 3.8) is 0 Å². The molecule has 0 spiro atoms. The molecule has 0 aromatic carbocycles. The largest absolute Gasteiger partial charge is 0.334 e. The van der Waals surface area contributed by atoms with Crippen LogP contribution in [0.5, 0.6) is 0 Å². The van der Waals surface area contributed by atoms with Gasteiger partial charge in [-0.2, -0.15) is 0 Å². The second kappa shape index (κ2) is 15.7. The fraction of sp³-hybridized carbons (Fsp3) is 0.974. The molecule has 8 unspecified atom stereocenters. The Morgan fingerprint density at radius 3 is 1.36 bits per heavy atom. The van der Waals surface area contributed by atoms with Crippen LogP contribution in [-0.2, 0) is 4.79 Å². The zero-order valence-corrected chi connectivity index (χ0v) is 31.1. The van der Waals surface area contributed by atoms with E-state index in [-0.39, 0.29) is 5.91 Å². The van der Waals surface area contributed by atoms with Crippen molar-refractivity contribution < 1.29 is 4.79 Å². The average Bonchev–Trinajstić information content (AvgIpc) is 3.77. The average molecular weight is 628 g/mol. The summed E-state index contributed by atoms with van der Waals surface area (Å²) in [5, 5.41) is 0. The molecule has 9 rings (SSSR count). The predicted octanol–water partition coefficient (Wildman–Crippen LogP) is 7.12. The van der Waals surface area contributed by atoms with Crippen molar-refractivity contribution in [2.45, 2.75) is 194 Å². The molecule has 6 nitrogen and oxygen atoms in total. The third kappa shape index (κ3) is 8.67. The number of amides is 1. The number of piperidine rings is 4. The van der Waals surface area contributed by atoms with Crippen molar-refractivity contribution in [3.05, 3.63) is 0 Å². The van der Waals surface area contributed by atoms with Gasteiger partial charge in [0.2, 0.25) is 5.91 Å². The molecule has 45 heavy (non-hydrogen) atoms. The number of carbonyl (C=O) groups is 1. The molecule has 7 heterocycles. The second-order valence-corrected chi connectivity index (χ2v) is 17.6. The third-order valence-corrected chi connectivity index (χ3v) is 13.1. The summed E-state index contributed by atoms with van der Waals surface area (Å²) in [6, 6.07) is 6.87. The molecule has 1 amide bonds. The highest BCUT2D eigenvalue weighted by Crippen LogP contribution is 2.39. The zero-order valence-electron chi connectivity index (χ0n) is 31.1. The number of fused-ring (bicyclic) bond motifs is 8. The van der Waals surface area contributed by atoms with Gasteiger partial charge in [0.25, 0.3) is 0 Å². The predicted molar refractivity (Wildman–Crippen MR) is 190 cm³/mol. The Kier molecular flexibility index (Phi) is 12.4. The van der Waals surface area contributed by atoms with Crippen molar-refractivity contribution in [3.8, 4) is 0 Å². The minimum absolute atomic E-state index is 0.254. The van der Waals surface area contributed by atoms with E-state index < -0.39 is 0 Å². The van der Waals surface area contributed by atoms with Crippen LogP contribution in [0.25, 0.3) is 0 Å². The number of piperazine rings is 1. The lowest BCUT2D eigenvalue weighted by molar-refractivity contribution is -0.152. The van der Waals surface area contributed by atoms with Gasteiger partial charge in [-0.15, -0.1) is 0 Å². The fourth-order valence-electron chi connectivity index (χ4n) is 10.8. The number of rotatable bonds is 4. The SMILES string of the molecule is CC(=O)N1C2CC1CN(C(C)C)C2.CC(C)N1C2CCCC1CC2.CC(C)N1CC2CCC(C2)C1.CC(C)N1CC2CCC1C2. The molecular formula is C39H73N5O. The van der Waals surface area contributed by atoms with Gasteiger partial charge >= 0.3 is 0 Å². The summed E-state index contributed by atoms with van der Waals surface area (Å²) in [6.07, 6.45) is 17.6. The molecule has 6 heteroatoms. The highest BCUT2D eigenvalue weighted by molar-refractivity contribution is 5.75. The number of hydrogen-bond acceptors (Lipinski definition) is 5. The maximum absolute atomic E-state index is 11.2. The first kappa shape index (κ1) is 35.6. The van der Waals surface area contributed by atoms with E-state index in [9.17, 15) is 4.79 Å². The summed E-state index contributed by atoms with van der Waals surface area (Å²) in [5.41, 5.74) is 0. The molecule has 7 saturated heterocycles. The Bertz CT molecular complexity index is 896. The van der Waals surface area contributed by atoms with Crippen LogP contribution in [0, 0.1) is 17.8 Å². The normalized spacial score (nSPS) is 37.3. The zero-order chi connectivity index (χ0) is 32.4. The Morgan fingerprint density at radius 2 is 0.978 bits per heavy atom. The topological polar surface area (TPSA) is 33.3 Å². The van der Waals surface area contributed by atoms with Gasteiger partial charge in [-0.3, -0.25) is 19.5 Å². The first-order chi connectivity index (χ1) is 21.4. The van der Waals surface area contributed by atoms with E-state index in [1.165, 1.54) is 96.7 Å². The van der Waals surface area contributed by atoms with E-state index in [0.717, 1.165) is 67.1 Å². The van der Waals surface area contributed by atoms with Crippen LogP contribution in [0.3, 0.4) is 0 Å². The van der Waals surface area contributed by atoms with Crippen LogP contribution < -0.4 is 0 Å². The maximum Gasteiger partial charge on any atom is 0.220 e. The van der Waals surface area contributed by atoms with E-state index in [1.54, 1.807) is 6.92 Å². The van der Waals surface area contributed by atoms with Gasteiger partial charge in [0.05, 0.1) is 0 Å². The van der Waals surface area contributed by atoms with E-state index in [4.69, 9.17) is 0 Å².